The van der Waals surface area contributed by atoms with E-state index in [1.807, 2.05) is 6.07 Å². The number of anilines is 2. The first-order chi connectivity index (χ1) is 9.95. The van der Waals surface area contributed by atoms with Crippen molar-refractivity contribution in [2.24, 2.45) is 0 Å². The van der Waals surface area contributed by atoms with Crippen LogP contribution in [0.4, 0.5) is 11.5 Å². The van der Waals surface area contributed by atoms with Crippen LogP contribution < -0.4 is 10.5 Å². The number of aromatic nitrogens is 2. The van der Waals surface area contributed by atoms with Gasteiger partial charge in [-0.15, -0.1) is 0 Å². The molecule has 1 aliphatic carbocycles. The Bertz CT molecular complexity index is 785. The van der Waals surface area contributed by atoms with E-state index in [4.69, 9.17) is 5.73 Å². The normalized spacial score (nSPS) is 14.9. The van der Waals surface area contributed by atoms with Crippen LogP contribution in [0.2, 0.25) is 0 Å². The summed E-state index contributed by atoms with van der Waals surface area (Å²) in [5.74, 6) is 0.393. The van der Waals surface area contributed by atoms with Crippen molar-refractivity contribution >= 4 is 21.5 Å². The molecule has 0 radical (unpaired) electrons. The zero-order valence-electron chi connectivity index (χ0n) is 11.6. The largest absolute Gasteiger partial charge is 0.382 e. The molecular formula is C14H16N4O2S. The average Bonchev–Trinajstić information content (AvgIpc) is 3.26. The third-order valence-corrected chi connectivity index (χ3v) is 5.24. The first-order valence-electron chi connectivity index (χ1n) is 6.67. The maximum Gasteiger partial charge on any atom is 0.235 e. The van der Waals surface area contributed by atoms with Crippen molar-refractivity contribution in [3.63, 3.8) is 0 Å². The molecular weight excluding hydrogens is 288 g/mol. The molecule has 0 bridgehead atoms. The van der Waals surface area contributed by atoms with Crippen molar-refractivity contribution in [1.82, 2.24) is 9.97 Å². The fourth-order valence-electron chi connectivity index (χ4n) is 2.00. The third-order valence-electron chi connectivity index (χ3n) is 3.37. The summed E-state index contributed by atoms with van der Waals surface area (Å²) in [5.41, 5.74) is 8.30. The van der Waals surface area contributed by atoms with Crippen molar-refractivity contribution < 1.29 is 8.42 Å². The van der Waals surface area contributed by atoms with Gasteiger partial charge in [0.1, 0.15) is 5.82 Å². The highest BCUT2D eigenvalue weighted by molar-refractivity contribution is 7.93. The van der Waals surface area contributed by atoms with E-state index in [1.165, 1.54) is 0 Å². The Balaban J connectivity index is 1.90. The standard InChI is InChI=1S/C14H16N4O2S/c1-9-14(15)16-8-13(17-9)10-3-2-4-11(7-10)18-21(19,20)12-5-6-12/h2-4,7-8,12,18H,5-6H2,1H3,(H2,15,16). The van der Waals surface area contributed by atoms with Gasteiger partial charge in [-0.3, -0.25) is 4.72 Å². The van der Waals surface area contributed by atoms with Crippen LogP contribution in [0.15, 0.2) is 30.5 Å². The lowest BCUT2D eigenvalue weighted by molar-refractivity contribution is 0.600. The van der Waals surface area contributed by atoms with E-state index in [-0.39, 0.29) is 5.25 Å². The first-order valence-corrected chi connectivity index (χ1v) is 8.21. The first kappa shape index (κ1) is 13.8. The summed E-state index contributed by atoms with van der Waals surface area (Å²) in [5, 5.41) is -0.250. The molecule has 2 aromatic rings. The number of benzene rings is 1. The molecule has 7 heteroatoms. The van der Waals surface area contributed by atoms with E-state index < -0.39 is 10.0 Å². The predicted molar refractivity (Wildman–Crippen MR) is 82.2 cm³/mol. The summed E-state index contributed by atoms with van der Waals surface area (Å²) in [4.78, 5) is 8.44. The van der Waals surface area contributed by atoms with E-state index in [0.29, 0.717) is 22.9 Å². The van der Waals surface area contributed by atoms with E-state index in [2.05, 4.69) is 14.7 Å². The number of nitrogen functional groups attached to an aromatic ring is 1. The van der Waals surface area contributed by atoms with E-state index in [9.17, 15) is 8.42 Å². The second-order valence-corrected chi connectivity index (χ2v) is 7.11. The summed E-state index contributed by atoms with van der Waals surface area (Å²) >= 11 is 0. The second-order valence-electron chi connectivity index (χ2n) is 5.15. The maximum atomic E-state index is 12.0. The number of hydrogen-bond donors (Lipinski definition) is 2. The number of aryl methyl sites for hydroxylation is 1. The highest BCUT2D eigenvalue weighted by Gasteiger charge is 2.35. The molecule has 1 aromatic carbocycles. The molecule has 110 valence electrons. The average molecular weight is 304 g/mol. The second kappa shape index (κ2) is 5.00. The smallest absolute Gasteiger partial charge is 0.235 e. The zero-order chi connectivity index (χ0) is 15.0. The lowest BCUT2D eigenvalue weighted by Crippen LogP contribution is -2.17. The molecule has 0 aliphatic heterocycles. The van der Waals surface area contributed by atoms with Gasteiger partial charge in [0, 0.05) is 11.3 Å². The molecule has 0 saturated heterocycles. The van der Waals surface area contributed by atoms with Gasteiger partial charge < -0.3 is 5.73 Å². The molecule has 0 atom stereocenters. The minimum atomic E-state index is -3.26. The van der Waals surface area contributed by atoms with Crippen molar-refractivity contribution in [1.29, 1.82) is 0 Å². The molecule has 3 N–H and O–H groups in total. The molecule has 1 heterocycles. The Hall–Kier alpha value is -2.15. The van der Waals surface area contributed by atoms with Gasteiger partial charge in [-0.1, -0.05) is 12.1 Å². The number of rotatable bonds is 4. The molecule has 21 heavy (non-hydrogen) atoms. The van der Waals surface area contributed by atoms with Crippen LogP contribution in [0.25, 0.3) is 11.3 Å². The monoisotopic (exact) mass is 304 g/mol. The summed E-state index contributed by atoms with van der Waals surface area (Å²) in [7, 11) is -3.26. The molecule has 3 rings (SSSR count). The van der Waals surface area contributed by atoms with Crippen LogP contribution in [-0.2, 0) is 10.0 Å². The number of hydrogen-bond acceptors (Lipinski definition) is 5. The topological polar surface area (TPSA) is 98.0 Å². The van der Waals surface area contributed by atoms with Crippen LogP contribution in [-0.4, -0.2) is 23.6 Å². The number of nitrogens with zero attached hydrogens (tertiary/aromatic N) is 2. The Morgan fingerprint density at radius 2 is 2.10 bits per heavy atom. The van der Waals surface area contributed by atoms with Gasteiger partial charge in [0.05, 0.1) is 22.8 Å². The van der Waals surface area contributed by atoms with Crippen molar-refractivity contribution in [3.05, 3.63) is 36.2 Å². The number of sulfonamides is 1. The van der Waals surface area contributed by atoms with Gasteiger partial charge in [0.25, 0.3) is 0 Å². The van der Waals surface area contributed by atoms with Gasteiger partial charge in [-0.2, -0.15) is 0 Å². The van der Waals surface area contributed by atoms with Crippen LogP contribution in [0, 0.1) is 6.92 Å². The van der Waals surface area contributed by atoms with Crippen LogP contribution in [0.1, 0.15) is 18.5 Å². The highest BCUT2D eigenvalue weighted by atomic mass is 32.2. The van der Waals surface area contributed by atoms with Crippen molar-refractivity contribution in [2.45, 2.75) is 25.0 Å². The lowest BCUT2D eigenvalue weighted by Gasteiger charge is -2.09. The summed E-state index contributed by atoms with van der Waals surface area (Å²) in [6.07, 6.45) is 3.05. The van der Waals surface area contributed by atoms with E-state index in [0.717, 1.165) is 18.4 Å². The van der Waals surface area contributed by atoms with Gasteiger partial charge in [-0.05, 0) is 31.9 Å². The SMILES string of the molecule is Cc1nc(-c2cccc(NS(=O)(=O)C3CC3)c2)cnc1N. The molecule has 1 saturated carbocycles. The minimum Gasteiger partial charge on any atom is -0.382 e. The quantitative estimate of drug-likeness (QED) is 0.899. The van der Waals surface area contributed by atoms with Crippen LogP contribution in [0.5, 0.6) is 0 Å². The van der Waals surface area contributed by atoms with E-state index in [1.54, 1.807) is 31.3 Å². The van der Waals surface area contributed by atoms with Crippen molar-refractivity contribution in [3.8, 4) is 11.3 Å². The minimum absolute atomic E-state index is 0.250. The lowest BCUT2D eigenvalue weighted by atomic mass is 10.1. The molecule has 0 unspecified atom stereocenters. The molecule has 0 amide bonds. The molecule has 1 aromatic heterocycles. The van der Waals surface area contributed by atoms with Gasteiger partial charge in [-0.25, -0.2) is 18.4 Å². The Labute approximate surface area is 123 Å². The van der Waals surface area contributed by atoms with Crippen LogP contribution in [0.3, 0.4) is 0 Å². The summed E-state index contributed by atoms with van der Waals surface area (Å²) < 4.78 is 26.5. The molecule has 1 fully saturated rings. The van der Waals surface area contributed by atoms with Gasteiger partial charge in [0.2, 0.25) is 10.0 Å². The molecule has 6 nitrogen and oxygen atoms in total. The molecule has 0 spiro atoms. The zero-order valence-corrected chi connectivity index (χ0v) is 12.4. The Kier molecular flexibility index (Phi) is 3.29. The summed E-state index contributed by atoms with van der Waals surface area (Å²) in [6, 6.07) is 7.11. The number of nitrogens with two attached hydrogens (primary N) is 1. The third kappa shape index (κ3) is 2.97. The van der Waals surface area contributed by atoms with Crippen molar-refractivity contribution in [2.75, 3.05) is 10.5 Å². The highest BCUT2D eigenvalue weighted by Crippen LogP contribution is 2.30. The number of nitrogens with one attached hydrogen (secondary N) is 1. The maximum absolute atomic E-state index is 12.0. The Morgan fingerprint density at radius 3 is 2.76 bits per heavy atom. The fourth-order valence-corrected chi connectivity index (χ4v) is 3.38. The fraction of sp³-hybridized carbons (Fsp3) is 0.286. The van der Waals surface area contributed by atoms with E-state index >= 15 is 0 Å². The Morgan fingerprint density at radius 1 is 1.33 bits per heavy atom. The van der Waals surface area contributed by atoms with Gasteiger partial charge >= 0.3 is 0 Å². The van der Waals surface area contributed by atoms with Crippen LogP contribution >= 0.6 is 0 Å². The van der Waals surface area contributed by atoms with Gasteiger partial charge in [0.15, 0.2) is 0 Å². The predicted octanol–water partition coefficient (Wildman–Crippen LogP) is 1.94. The summed E-state index contributed by atoms with van der Waals surface area (Å²) in [6.45, 7) is 1.78. The molecule has 1 aliphatic rings.